The monoisotopic (exact) mass is 310 g/mol. The van der Waals surface area contributed by atoms with Gasteiger partial charge in [-0.2, -0.15) is 0 Å². The third-order valence-electron chi connectivity index (χ3n) is 4.00. The Morgan fingerprint density at radius 3 is 2.52 bits per heavy atom. The smallest absolute Gasteiger partial charge is 0.175 e. The van der Waals surface area contributed by atoms with E-state index in [1.54, 1.807) is 12.1 Å². The van der Waals surface area contributed by atoms with Crippen molar-refractivity contribution < 1.29 is 8.42 Å². The number of sulfone groups is 1. The Kier molecular flexibility index (Phi) is 5.65. The van der Waals surface area contributed by atoms with Crippen molar-refractivity contribution in [2.45, 2.75) is 31.1 Å². The molecule has 21 heavy (non-hydrogen) atoms. The molecule has 0 aliphatic carbocycles. The van der Waals surface area contributed by atoms with E-state index in [4.69, 9.17) is 0 Å². The van der Waals surface area contributed by atoms with Gasteiger partial charge in [-0.25, -0.2) is 8.42 Å². The molecule has 0 saturated carbocycles. The predicted octanol–water partition coefficient (Wildman–Crippen LogP) is 2.31. The molecule has 0 spiro atoms. The summed E-state index contributed by atoms with van der Waals surface area (Å²) in [5.41, 5.74) is 1.12. The highest BCUT2D eigenvalue weighted by molar-refractivity contribution is 7.90. The predicted molar refractivity (Wildman–Crippen MR) is 87.6 cm³/mol. The third kappa shape index (κ3) is 4.71. The molecule has 118 valence electrons. The van der Waals surface area contributed by atoms with Crippen molar-refractivity contribution in [2.24, 2.45) is 5.92 Å². The SMILES string of the molecule is CCCN(CC1CCCNC1)c1ccc(S(C)(=O)=O)cc1. The van der Waals surface area contributed by atoms with Crippen LogP contribution in [0.4, 0.5) is 5.69 Å². The Hall–Kier alpha value is -1.07. The molecule has 0 amide bonds. The zero-order valence-electron chi connectivity index (χ0n) is 13.0. The number of anilines is 1. The van der Waals surface area contributed by atoms with Crippen molar-refractivity contribution in [3.63, 3.8) is 0 Å². The molecule has 1 atom stereocenters. The van der Waals surface area contributed by atoms with Crippen LogP contribution in [-0.4, -0.2) is 40.9 Å². The summed E-state index contributed by atoms with van der Waals surface area (Å²) >= 11 is 0. The molecule has 1 heterocycles. The van der Waals surface area contributed by atoms with Crippen LogP contribution in [0.5, 0.6) is 0 Å². The number of nitrogens with one attached hydrogen (secondary N) is 1. The summed E-state index contributed by atoms with van der Waals surface area (Å²) in [6.45, 7) is 6.44. The molecular formula is C16H26N2O2S. The van der Waals surface area contributed by atoms with Crippen molar-refractivity contribution in [1.82, 2.24) is 5.32 Å². The summed E-state index contributed by atoms with van der Waals surface area (Å²) in [5, 5.41) is 3.46. The molecule has 0 bridgehead atoms. The lowest BCUT2D eigenvalue weighted by Gasteiger charge is -2.31. The number of piperidine rings is 1. The van der Waals surface area contributed by atoms with Gasteiger partial charge in [-0.3, -0.25) is 0 Å². The summed E-state index contributed by atoms with van der Waals surface area (Å²) in [6, 6.07) is 7.30. The summed E-state index contributed by atoms with van der Waals surface area (Å²) in [5.74, 6) is 0.680. The molecule has 1 unspecified atom stereocenters. The fraction of sp³-hybridized carbons (Fsp3) is 0.625. The molecule has 1 N–H and O–H groups in total. The quantitative estimate of drug-likeness (QED) is 0.876. The lowest BCUT2D eigenvalue weighted by molar-refractivity contribution is 0.376. The van der Waals surface area contributed by atoms with Crippen molar-refractivity contribution in [1.29, 1.82) is 0 Å². The third-order valence-corrected chi connectivity index (χ3v) is 5.13. The van der Waals surface area contributed by atoms with E-state index >= 15 is 0 Å². The Balaban J connectivity index is 2.09. The first-order valence-corrected chi connectivity index (χ1v) is 9.65. The maximum absolute atomic E-state index is 11.5. The largest absolute Gasteiger partial charge is 0.371 e. The van der Waals surface area contributed by atoms with Crippen molar-refractivity contribution in [3.05, 3.63) is 24.3 Å². The number of hydrogen-bond donors (Lipinski definition) is 1. The van der Waals surface area contributed by atoms with Crippen molar-refractivity contribution >= 4 is 15.5 Å². The fourth-order valence-corrected chi connectivity index (χ4v) is 3.52. The fourth-order valence-electron chi connectivity index (χ4n) is 2.89. The first-order valence-electron chi connectivity index (χ1n) is 7.76. The van der Waals surface area contributed by atoms with E-state index in [2.05, 4.69) is 17.1 Å². The first-order chi connectivity index (χ1) is 10.0. The van der Waals surface area contributed by atoms with Crippen LogP contribution in [0.25, 0.3) is 0 Å². The molecule has 1 fully saturated rings. The molecule has 1 saturated heterocycles. The summed E-state index contributed by atoms with van der Waals surface area (Å²) < 4.78 is 23.1. The average Bonchev–Trinajstić information content (AvgIpc) is 2.47. The maximum Gasteiger partial charge on any atom is 0.175 e. The molecule has 1 aromatic rings. The second-order valence-corrected chi connectivity index (χ2v) is 7.94. The molecule has 4 nitrogen and oxygen atoms in total. The summed E-state index contributed by atoms with van der Waals surface area (Å²) in [7, 11) is -3.11. The second kappa shape index (κ2) is 7.27. The van der Waals surface area contributed by atoms with Crippen LogP contribution >= 0.6 is 0 Å². The standard InChI is InChI=1S/C16H26N2O2S/c1-3-11-18(13-14-5-4-10-17-12-14)15-6-8-16(9-7-15)21(2,19)20/h6-9,14,17H,3-5,10-13H2,1-2H3. The van der Waals surface area contributed by atoms with Crippen molar-refractivity contribution in [2.75, 3.05) is 37.3 Å². The lowest BCUT2D eigenvalue weighted by Crippen LogP contribution is -2.38. The van der Waals surface area contributed by atoms with E-state index in [0.29, 0.717) is 10.8 Å². The highest BCUT2D eigenvalue weighted by Crippen LogP contribution is 2.21. The Labute approximate surface area is 128 Å². The topological polar surface area (TPSA) is 49.4 Å². The number of benzene rings is 1. The van der Waals surface area contributed by atoms with E-state index in [0.717, 1.165) is 38.3 Å². The first kappa shape index (κ1) is 16.3. The van der Waals surface area contributed by atoms with Crippen LogP contribution in [0.1, 0.15) is 26.2 Å². The van der Waals surface area contributed by atoms with E-state index in [-0.39, 0.29) is 0 Å². The van der Waals surface area contributed by atoms with Crippen LogP contribution in [0, 0.1) is 5.92 Å². The van der Waals surface area contributed by atoms with Gasteiger partial charge in [0.05, 0.1) is 4.90 Å². The van der Waals surface area contributed by atoms with Gasteiger partial charge in [-0.15, -0.1) is 0 Å². The minimum Gasteiger partial charge on any atom is -0.371 e. The van der Waals surface area contributed by atoms with Gasteiger partial charge >= 0.3 is 0 Å². The van der Waals surface area contributed by atoms with Gasteiger partial charge in [0.15, 0.2) is 9.84 Å². The van der Waals surface area contributed by atoms with Crippen molar-refractivity contribution in [3.8, 4) is 0 Å². The summed E-state index contributed by atoms with van der Waals surface area (Å²) in [6.07, 6.45) is 4.86. The zero-order chi connectivity index (χ0) is 15.3. The van der Waals surface area contributed by atoms with Gasteiger partial charge in [0.1, 0.15) is 0 Å². The highest BCUT2D eigenvalue weighted by Gasteiger charge is 2.17. The lowest BCUT2D eigenvalue weighted by atomic mass is 9.98. The summed E-state index contributed by atoms with van der Waals surface area (Å²) in [4.78, 5) is 2.77. The van der Waals surface area contributed by atoms with Crippen LogP contribution in [0.3, 0.4) is 0 Å². The molecule has 2 rings (SSSR count). The molecule has 1 aliphatic rings. The van der Waals surface area contributed by atoms with Gasteiger partial charge in [-0.05, 0) is 62.5 Å². The van der Waals surface area contributed by atoms with Gasteiger partial charge in [0.25, 0.3) is 0 Å². The van der Waals surface area contributed by atoms with E-state index in [9.17, 15) is 8.42 Å². The molecular weight excluding hydrogens is 284 g/mol. The molecule has 5 heteroatoms. The van der Waals surface area contributed by atoms with E-state index < -0.39 is 9.84 Å². The van der Waals surface area contributed by atoms with Gasteiger partial charge in [0.2, 0.25) is 0 Å². The van der Waals surface area contributed by atoms with Gasteiger partial charge < -0.3 is 10.2 Å². The molecule has 0 aromatic heterocycles. The normalized spacial score (nSPS) is 19.4. The number of rotatable bonds is 6. The number of hydrogen-bond acceptors (Lipinski definition) is 4. The molecule has 1 aromatic carbocycles. The maximum atomic E-state index is 11.5. The van der Waals surface area contributed by atoms with E-state index in [1.165, 1.54) is 19.1 Å². The Morgan fingerprint density at radius 2 is 2.00 bits per heavy atom. The zero-order valence-corrected chi connectivity index (χ0v) is 13.8. The Morgan fingerprint density at radius 1 is 1.29 bits per heavy atom. The van der Waals surface area contributed by atoms with E-state index in [1.807, 2.05) is 12.1 Å². The van der Waals surface area contributed by atoms with Gasteiger partial charge in [0, 0.05) is 25.0 Å². The van der Waals surface area contributed by atoms with Crippen LogP contribution in [0.2, 0.25) is 0 Å². The number of nitrogens with zero attached hydrogens (tertiary/aromatic N) is 1. The Bertz CT molecular complexity index is 534. The van der Waals surface area contributed by atoms with Crippen LogP contribution in [0.15, 0.2) is 29.2 Å². The average molecular weight is 310 g/mol. The molecule has 1 aliphatic heterocycles. The van der Waals surface area contributed by atoms with Gasteiger partial charge in [-0.1, -0.05) is 6.92 Å². The highest BCUT2D eigenvalue weighted by atomic mass is 32.2. The second-order valence-electron chi connectivity index (χ2n) is 5.92. The minimum atomic E-state index is -3.11. The van der Waals surface area contributed by atoms with Crippen LogP contribution in [-0.2, 0) is 9.84 Å². The molecule has 0 radical (unpaired) electrons. The minimum absolute atomic E-state index is 0.391. The van der Waals surface area contributed by atoms with Crippen LogP contribution < -0.4 is 10.2 Å².